The van der Waals surface area contributed by atoms with Crippen molar-refractivity contribution < 1.29 is 17.9 Å². The molecule has 0 unspecified atom stereocenters. The van der Waals surface area contributed by atoms with Crippen LogP contribution in [0.25, 0.3) is 10.9 Å². The van der Waals surface area contributed by atoms with Gasteiger partial charge in [-0.05, 0) is 49.2 Å². The lowest BCUT2D eigenvalue weighted by Crippen LogP contribution is -2.49. The number of fused-ring (bicyclic) bond motifs is 1. The summed E-state index contributed by atoms with van der Waals surface area (Å²) in [7, 11) is -3.76. The highest BCUT2D eigenvalue weighted by molar-refractivity contribution is 7.89. The number of nitrogens with zero attached hydrogens (tertiary/aromatic N) is 3. The van der Waals surface area contributed by atoms with Crippen LogP contribution in [0.5, 0.6) is 0 Å². The van der Waals surface area contributed by atoms with Crippen molar-refractivity contribution in [1.82, 2.24) is 14.2 Å². The third-order valence-corrected chi connectivity index (χ3v) is 8.86. The molecule has 36 heavy (non-hydrogen) atoms. The predicted octanol–water partition coefficient (Wildman–Crippen LogP) is 2.13. The first-order valence-corrected chi connectivity index (χ1v) is 13.5. The van der Waals surface area contributed by atoms with E-state index in [-0.39, 0.29) is 34.8 Å². The van der Waals surface area contributed by atoms with Crippen LogP contribution < -0.4 is 10.3 Å². The Bertz CT molecular complexity index is 1470. The Hall–Kier alpha value is -3.21. The molecule has 3 heterocycles. The number of carbonyl (C=O) groups excluding carboxylic acids is 1. The maximum Gasteiger partial charge on any atom is 0.259 e. The van der Waals surface area contributed by atoms with Gasteiger partial charge >= 0.3 is 0 Å². The average molecular weight is 511 g/mol. The van der Waals surface area contributed by atoms with Gasteiger partial charge in [0, 0.05) is 62.1 Å². The number of H-pyrrole nitrogens is 1. The largest absolute Gasteiger partial charge is 0.379 e. The van der Waals surface area contributed by atoms with Crippen LogP contribution in [0.2, 0.25) is 0 Å². The topological polar surface area (TPSA) is 103 Å². The lowest BCUT2D eigenvalue weighted by atomic mass is 10.1. The Morgan fingerprint density at radius 3 is 2.39 bits per heavy atom. The molecule has 0 aliphatic carbocycles. The first kappa shape index (κ1) is 24.5. The zero-order valence-corrected chi connectivity index (χ0v) is 21.3. The molecule has 3 aromatic rings. The number of anilines is 1. The second-order valence-electron chi connectivity index (χ2n) is 9.32. The molecule has 2 aliphatic rings. The molecule has 5 rings (SSSR count). The van der Waals surface area contributed by atoms with Crippen molar-refractivity contribution in [2.45, 2.75) is 18.7 Å². The highest BCUT2D eigenvalue weighted by Gasteiger charge is 2.28. The number of nitrogens with one attached hydrogen (secondary N) is 1. The number of morpholine rings is 1. The van der Waals surface area contributed by atoms with Gasteiger partial charge in [-0.25, -0.2) is 8.42 Å². The van der Waals surface area contributed by atoms with E-state index in [9.17, 15) is 18.0 Å². The molecule has 10 heteroatoms. The standard InChI is InChI=1S/C26H30N4O5S/c1-18-3-4-19(2)24(15-18)28-7-9-29(10-8-28)26(32)22-17-27-23-6-5-20(16-21(23)25(22)31)36(33,34)30-11-13-35-14-12-30/h3-6,15-17H,7-14H2,1-2H3,(H,27,31). The van der Waals surface area contributed by atoms with E-state index in [1.807, 2.05) is 0 Å². The number of carbonyl (C=O) groups is 1. The predicted molar refractivity (Wildman–Crippen MR) is 138 cm³/mol. The maximum atomic E-state index is 13.3. The number of piperazine rings is 1. The maximum absolute atomic E-state index is 13.3. The van der Waals surface area contributed by atoms with Crippen molar-refractivity contribution in [1.29, 1.82) is 0 Å². The van der Waals surface area contributed by atoms with E-state index >= 15 is 0 Å². The first-order valence-electron chi connectivity index (χ1n) is 12.1. The summed E-state index contributed by atoms with van der Waals surface area (Å²) in [4.78, 5) is 33.6. The fourth-order valence-electron chi connectivity index (χ4n) is 4.83. The summed E-state index contributed by atoms with van der Waals surface area (Å²) < 4.78 is 32.8. The smallest absolute Gasteiger partial charge is 0.259 e. The summed E-state index contributed by atoms with van der Waals surface area (Å²) in [5.74, 6) is -0.347. The second-order valence-corrected chi connectivity index (χ2v) is 11.3. The third kappa shape index (κ3) is 4.52. The number of aromatic nitrogens is 1. The van der Waals surface area contributed by atoms with E-state index < -0.39 is 15.5 Å². The molecule has 0 saturated carbocycles. The molecular weight excluding hydrogens is 480 g/mol. The average Bonchev–Trinajstić information content (AvgIpc) is 2.90. The van der Waals surface area contributed by atoms with Crippen LogP contribution in [0.3, 0.4) is 0 Å². The number of ether oxygens (including phenoxy) is 1. The van der Waals surface area contributed by atoms with Gasteiger partial charge in [-0.15, -0.1) is 0 Å². The molecule has 1 N–H and O–H groups in total. The summed E-state index contributed by atoms with van der Waals surface area (Å²) in [6.07, 6.45) is 1.43. The lowest BCUT2D eigenvalue weighted by molar-refractivity contribution is 0.0730. The molecule has 0 spiro atoms. The monoisotopic (exact) mass is 510 g/mol. The van der Waals surface area contributed by atoms with Crippen molar-refractivity contribution in [3.63, 3.8) is 0 Å². The minimum atomic E-state index is -3.76. The van der Waals surface area contributed by atoms with Gasteiger partial charge < -0.3 is 19.5 Å². The van der Waals surface area contributed by atoms with Crippen molar-refractivity contribution in [2.75, 3.05) is 57.4 Å². The normalized spacial score (nSPS) is 17.5. The number of amides is 1. The molecule has 0 radical (unpaired) electrons. The quantitative estimate of drug-likeness (QED) is 0.577. The third-order valence-electron chi connectivity index (χ3n) is 6.96. The fraction of sp³-hybridized carbons (Fsp3) is 0.385. The van der Waals surface area contributed by atoms with E-state index in [1.165, 1.54) is 39.4 Å². The molecule has 0 bridgehead atoms. The molecular formula is C26H30N4O5S. The Kier molecular flexibility index (Phi) is 6.59. The Balaban J connectivity index is 1.38. The number of aromatic amines is 1. The van der Waals surface area contributed by atoms with Gasteiger partial charge in [-0.3, -0.25) is 9.59 Å². The number of sulfonamides is 1. The van der Waals surface area contributed by atoms with Gasteiger partial charge in [-0.2, -0.15) is 4.31 Å². The van der Waals surface area contributed by atoms with Crippen LogP contribution in [0.4, 0.5) is 5.69 Å². The number of benzene rings is 2. The van der Waals surface area contributed by atoms with E-state index in [2.05, 4.69) is 41.9 Å². The number of rotatable bonds is 4. The minimum Gasteiger partial charge on any atom is -0.379 e. The fourth-order valence-corrected chi connectivity index (χ4v) is 6.27. The van der Waals surface area contributed by atoms with E-state index in [0.29, 0.717) is 44.9 Å². The molecule has 1 amide bonds. The zero-order chi connectivity index (χ0) is 25.4. The van der Waals surface area contributed by atoms with E-state index in [1.54, 1.807) is 11.0 Å². The van der Waals surface area contributed by atoms with Crippen molar-refractivity contribution >= 4 is 32.5 Å². The highest BCUT2D eigenvalue weighted by Crippen LogP contribution is 2.24. The Morgan fingerprint density at radius 1 is 0.944 bits per heavy atom. The van der Waals surface area contributed by atoms with Gasteiger partial charge in [0.15, 0.2) is 0 Å². The van der Waals surface area contributed by atoms with Crippen LogP contribution in [-0.4, -0.2) is 81.0 Å². The number of hydrogen-bond acceptors (Lipinski definition) is 6. The van der Waals surface area contributed by atoms with Crippen LogP contribution in [0.1, 0.15) is 21.5 Å². The summed E-state index contributed by atoms with van der Waals surface area (Å²) in [5, 5.41) is 0.184. The summed E-state index contributed by atoms with van der Waals surface area (Å²) in [6.45, 7) is 7.68. The van der Waals surface area contributed by atoms with Crippen LogP contribution in [0, 0.1) is 13.8 Å². The van der Waals surface area contributed by atoms with Crippen molar-refractivity contribution in [2.24, 2.45) is 0 Å². The molecule has 2 aliphatic heterocycles. The van der Waals surface area contributed by atoms with E-state index in [0.717, 1.165) is 0 Å². The highest BCUT2D eigenvalue weighted by atomic mass is 32.2. The van der Waals surface area contributed by atoms with Crippen molar-refractivity contribution in [3.8, 4) is 0 Å². The molecule has 9 nitrogen and oxygen atoms in total. The molecule has 2 fully saturated rings. The molecule has 2 saturated heterocycles. The molecule has 0 atom stereocenters. The van der Waals surface area contributed by atoms with E-state index in [4.69, 9.17) is 4.74 Å². The van der Waals surface area contributed by atoms with Gasteiger partial charge in [0.05, 0.1) is 18.1 Å². The molecule has 1 aromatic heterocycles. The SMILES string of the molecule is Cc1ccc(C)c(N2CCN(C(=O)c3c[nH]c4ccc(S(=O)(=O)N5CCOCC5)cc4c3=O)CC2)c1. The molecule has 2 aromatic carbocycles. The van der Waals surface area contributed by atoms with Crippen LogP contribution >= 0.6 is 0 Å². The van der Waals surface area contributed by atoms with Crippen LogP contribution in [0.15, 0.2) is 52.3 Å². The summed E-state index contributed by atoms with van der Waals surface area (Å²) in [5.41, 5.74) is 3.58. The first-order chi connectivity index (χ1) is 17.3. The second kappa shape index (κ2) is 9.68. The summed E-state index contributed by atoms with van der Waals surface area (Å²) >= 11 is 0. The number of hydrogen-bond donors (Lipinski definition) is 1. The number of pyridine rings is 1. The molecule has 190 valence electrons. The Labute approximate surface area is 210 Å². The number of aryl methyl sites for hydroxylation is 2. The minimum absolute atomic E-state index is 0.0172. The summed E-state index contributed by atoms with van der Waals surface area (Å²) in [6, 6.07) is 10.8. The van der Waals surface area contributed by atoms with Gasteiger partial charge in [0.1, 0.15) is 5.56 Å². The van der Waals surface area contributed by atoms with Gasteiger partial charge in [0.25, 0.3) is 5.91 Å². The zero-order valence-electron chi connectivity index (χ0n) is 20.5. The van der Waals surface area contributed by atoms with Gasteiger partial charge in [-0.1, -0.05) is 12.1 Å². The van der Waals surface area contributed by atoms with Crippen molar-refractivity contribution in [3.05, 3.63) is 69.5 Å². The van der Waals surface area contributed by atoms with Crippen LogP contribution in [-0.2, 0) is 14.8 Å². The van der Waals surface area contributed by atoms with Gasteiger partial charge in [0.2, 0.25) is 15.5 Å². The Morgan fingerprint density at radius 2 is 1.67 bits per heavy atom. The lowest BCUT2D eigenvalue weighted by Gasteiger charge is -2.37.